The summed E-state index contributed by atoms with van der Waals surface area (Å²) in [5.74, 6) is -0.833. The summed E-state index contributed by atoms with van der Waals surface area (Å²) in [5, 5.41) is 8.35. The van der Waals surface area contributed by atoms with E-state index in [0.29, 0.717) is 0 Å². The molecule has 0 fully saturated rings. The van der Waals surface area contributed by atoms with E-state index >= 15 is 0 Å². The molecule has 3 heteroatoms. The average molecular weight is 148 g/mol. The zero-order valence-corrected chi connectivity index (χ0v) is 5.44. The van der Waals surface area contributed by atoms with Gasteiger partial charge < -0.3 is 5.11 Å². The molecular formula is C4H9CoO2. The second-order valence-corrected chi connectivity index (χ2v) is 1.49. The van der Waals surface area contributed by atoms with E-state index in [1.54, 1.807) is 0 Å². The van der Waals surface area contributed by atoms with Crippen LogP contribution < -0.4 is 0 Å². The first-order chi connectivity index (χ1) is 3.15. The van der Waals surface area contributed by atoms with Crippen LogP contribution in [0.25, 0.3) is 0 Å². The van der Waals surface area contributed by atoms with Crippen LogP contribution in [0.1, 0.15) is 13.8 Å². The first-order valence-electron chi connectivity index (χ1n) is 1.87. The van der Waals surface area contributed by atoms with Crippen molar-refractivity contribution in [2.24, 2.45) is 0 Å². The molecule has 0 aromatic heterocycles. The van der Waals surface area contributed by atoms with Crippen LogP contribution in [0.15, 0.2) is 0 Å². The Kier molecular flexibility index (Phi) is 13.5. The van der Waals surface area contributed by atoms with Crippen molar-refractivity contribution in [2.45, 2.75) is 19.2 Å². The van der Waals surface area contributed by atoms with E-state index in [1.165, 1.54) is 0 Å². The van der Waals surface area contributed by atoms with E-state index in [2.05, 4.69) is 15.7 Å². The zero-order chi connectivity index (χ0) is 6.28. The summed E-state index contributed by atoms with van der Waals surface area (Å²) in [6, 6.07) is 0. The second kappa shape index (κ2) is 9.36. The third-order valence-electron chi connectivity index (χ3n) is 0. The minimum atomic E-state index is -0.833. The van der Waals surface area contributed by atoms with Gasteiger partial charge in [0.25, 0.3) is 5.97 Å². The van der Waals surface area contributed by atoms with E-state index in [-0.39, 0.29) is 0 Å². The van der Waals surface area contributed by atoms with Crippen LogP contribution in [-0.4, -0.2) is 11.1 Å². The molecule has 0 aromatic carbocycles. The number of carboxylic acids is 1. The van der Waals surface area contributed by atoms with Crippen molar-refractivity contribution in [1.82, 2.24) is 0 Å². The first-order valence-corrected chi connectivity index (χ1v) is 2.61. The molecule has 0 aliphatic carbocycles. The Morgan fingerprint density at radius 1 is 1.86 bits per heavy atom. The zero-order valence-electron chi connectivity index (χ0n) is 4.40. The van der Waals surface area contributed by atoms with Gasteiger partial charge in [-0.15, -0.1) is 0 Å². The van der Waals surface area contributed by atoms with E-state index in [4.69, 9.17) is 9.90 Å². The molecule has 0 saturated heterocycles. The number of aliphatic carboxylic acids is 1. The van der Waals surface area contributed by atoms with Gasteiger partial charge in [0.1, 0.15) is 0 Å². The van der Waals surface area contributed by atoms with Gasteiger partial charge in [-0.05, 0) is 0 Å². The summed E-state index contributed by atoms with van der Waals surface area (Å²) in [7, 11) is 0. The van der Waals surface area contributed by atoms with Crippen molar-refractivity contribution < 1.29 is 25.6 Å². The van der Waals surface area contributed by atoms with Gasteiger partial charge in [0, 0.05) is 6.92 Å². The topological polar surface area (TPSA) is 37.3 Å². The van der Waals surface area contributed by atoms with E-state index in [9.17, 15) is 0 Å². The van der Waals surface area contributed by atoms with Crippen LogP contribution in [0.5, 0.6) is 0 Å². The van der Waals surface area contributed by atoms with Crippen LogP contribution in [-0.2, 0) is 20.5 Å². The number of hydrogen-bond acceptors (Lipinski definition) is 1. The predicted molar refractivity (Wildman–Crippen MR) is 23.8 cm³/mol. The molecule has 0 radical (unpaired) electrons. The fourth-order valence-corrected chi connectivity index (χ4v) is 0. The quantitative estimate of drug-likeness (QED) is 0.557. The van der Waals surface area contributed by atoms with Crippen LogP contribution in [0.4, 0.5) is 0 Å². The third-order valence-corrected chi connectivity index (χ3v) is 0. The summed E-state index contributed by atoms with van der Waals surface area (Å²) in [4.78, 5) is 9.00. The molecule has 0 bridgehead atoms. The van der Waals surface area contributed by atoms with Gasteiger partial charge in [0.2, 0.25) is 0 Å². The summed E-state index contributed by atoms with van der Waals surface area (Å²) in [6.45, 7) is 3.07. The average Bonchev–Trinajstić information content (AvgIpc) is 1.33. The van der Waals surface area contributed by atoms with Gasteiger partial charge in [0.05, 0.1) is 0 Å². The molecule has 0 aromatic rings. The molecule has 7 heavy (non-hydrogen) atoms. The van der Waals surface area contributed by atoms with E-state index in [1.807, 2.05) is 6.92 Å². The van der Waals surface area contributed by atoms with Gasteiger partial charge in [-0.3, -0.25) is 4.79 Å². The Balaban J connectivity index is 0. The number of hydrogen-bond donors (Lipinski definition) is 1. The van der Waals surface area contributed by atoms with Gasteiger partial charge in [-0.25, -0.2) is 0 Å². The second-order valence-electron chi connectivity index (χ2n) is 0.755. The number of carboxylic acid groups (broad SMARTS) is 1. The van der Waals surface area contributed by atoms with Crippen molar-refractivity contribution in [3.8, 4) is 0 Å². The molecule has 46 valence electrons. The summed E-state index contributed by atoms with van der Waals surface area (Å²) in [6.07, 6.45) is 0. The molecule has 0 atom stereocenters. The Bertz CT molecular complexity index is 41.0. The Morgan fingerprint density at radius 3 is 1.86 bits per heavy atom. The fraction of sp³-hybridized carbons (Fsp3) is 0.750. The number of carbonyl (C=O) groups is 1. The fourth-order valence-electron chi connectivity index (χ4n) is 0. The van der Waals surface area contributed by atoms with E-state index in [0.717, 1.165) is 12.3 Å². The molecule has 0 aliphatic rings. The first kappa shape index (κ1) is 10.1. The molecule has 0 saturated carbocycles. The van der Waals surface area contributed by atoms with Crippen molar-refractivity contribution in [3.05, 3.63) is 0 Å². The molecule has 1 N–H and O–H groups in total. The van der Waals surface area contributed by atoms with E-state index < -0.39 is 5.97 Å². The summed E-state index contributed by atoms with van der Waals surface area (Å²) >= 11 is 3.83. The van der Waals surface area contributed by atoms with Crippen molar-refractivity contribution >= 4 is 5.97 Å². The van der Waals surface area contributed by atoms with Crippen LogP contribution in [0.2, 0.25) is 5.36 Å². The molecule has 0 aliphatic heterocycles. The monoisotopic (exact) mass is 148 g/mol. The van der Waals surface area contributed by atoms with Crippen molar-refractivity contribution in [2.75, 3.05) is 0 Å². The molecule has 2 nitrogen and oxygen atoms in total. The molecular weight excluding hydrogens is 139 g/mol. The predicted octanol–water partition coefficient (Wildman–Crippen LogP) is 1.06. The van der Waals surface area contributed by atoms with Crippen molar-refractivity contribution in [1.29, 1.82) is 0 Å². The summed E-state index contributed by atoms with van der Waals surface area (Å²) < 4.78 is 0. The number of rotatable bonds is 0. The molecule has 0 amide bonds. The van der Waals surface area contributed by atoms with Gasteiger partial charge in [0.15, 0.2) is 0 Å². The Labute approximate surface area is 51.5 Å². The SMILES string of the molecule is CC(=O)O.C[CH2][Co]. The molecule has 0 spiro atoms. The van der Waals surface area contributed by atoms with Crippen LogP contribution in [0, 0.1) is 0 Å². The maximum atomic E-state index is 9.00. The van der Waals surface area contributed by atoms with Gasteiger partial charge >= 0.3 is 28.0 Å². The van der Waals surface area contributed by atoms with Crippen LogP contribution in [0.3, 0.4) is 0 Å². The maximum absolute atomic E-state index is 9.00. The minimum absolute atomic E-state index is 0.833. The molecule has 0 heterocycles. The third kappa shape index (κ3) is 171000. The van der Waals surface area contributed by atoms with Gasteiger partial charge in [-0.1, -0.05) is 0 Å². The normalized spacial score (nSPS) is 6.29. The molecule has 0 unspecified atom stereocenters. The standard InChI is InChI=1S/C2H4O2.C2H5.Co/c1-2(3)4;1-2;/h1H3,(H,3,4);1H2,2H3;. The Hall–Kier alpha value is -0.0235. The van der Waals surface area contributed by atoms with Crippen LogP contribution >= 0.6 is 0 Å². The Morgan fingerprint density at radius 2 is 1.86 bits per heavy atom. The summed E-state index contributed by atoms with van der Waals surface area (Å²) in [5.41, 5.74) is 0. The van der Waals surface area contributed by atoms with Crippen molar-refractivity contribution in [3.63, 3.8) is 0 Å². The molecule has 0 rings (SSSR count). The van der Waals surface area contributed by atoms with Gasteiger partial charge in [-0.2, -0.15) is 0 Å².